The van der Waals surface area contributed by atoms with Gasteiger partial charge in [0.1, 0.15) is 0 Å². The van der Waals surface area contributed by atoms with Gasteiger partial charge in [0.25, 0.3) is 0 Å². The van der Waals surface area contributed by atoms with Gasteiger partial charge in [-0.2, -0.15) is 0 Å². The van der Waals surface area contributed by atoms with Crippen LogP contribution in [0.25, 0.3) is 0 Å². The second-order valence-electron chi connectivity index (χ2n) is 5.42. The molecule has 1 heterocycles. The molecule has 1 aromatic rings. The number of nitrogens with zero attached hydrogens (tertiary/aromatic N) is 2. The van der Waals surface area contributed by atoms with Gasteiger partial charge in [0.15, 0.2) is 0 Å². The van der Waals surface area contributed by atoms with Crippen LogP contribution >= 0.6 is 0 Å². The van der Waals surface area contributed by atoms with Crippen LogP contribution in [0.4, 0.5) is 5.69 Å². The maximum atomic E-state index is 12.3. The van der Waals surface area contributed by atoms with Gasteiger partial charge in [0.05, 0.1) is 0 Å². The number of amides is 2. The zero-order valence-electron chi connectivity index (χ0n) is 12.2. The number of nitrogens with one attached hydrogen (secondary N) is 1. The van der Waals surface area contributed by atoms with Gasteiger partial charge in [0, 0.05) is 24.8 Å². The summed E-state index contributed by atoms with van der Waals surface area (Å²) in [5.41, 5.74) is 1.97. The van der Waals surface area contributed by atoms with Crippen molar-refractivity contribution in [2.24, 2.45) is 0 Å². The summed E-state index contributed by atoms with van der Waals surface area (Å²) >= 11 is 0. The van der Waals surface area contributed by atoms with Crippen molar-refractivity contribution < 1.29 is 9.59 Å². The Balaban J connectivity index is 2.04. The molecule has 1 aliphatic heterocycles. The molecule has 5 nitrogen and oxygen atoms in total. The highest BCUT2D eigenvalue weighted by atomic mass is 16.2. The van der Waals surface area contributed by atoms with E-state index in [1.165, 1.54) is 0 Å². The molecule has 2 rings (SSSR count). The van der Waals surface area contributed by atoms with Gasteiger partial charge in [-0.05, 0) is 39.1 Å². The average molecular weight is 275 g/mol. The molecule has 0 spiro atoms. The number of para-hydroxylation sites is 1. The lowest BCUT2D eigenvalue weighted by molar-refractivity contribution is -0.137. The van der Waals surface area contributed by atoms with Gasteiger partial charge in [-0.3, -0.25) is 9.59 Å². The summed E-state index contributed by atoms with van der Waals surface area (Å²) in [6.07, 6.45) is 0.799. The van der Waals surface area contributed by atoms with Crippen molar-refractivity contribution in [3.05, 3.63) is 29.8 Å². The lowest BCUT2D eigenvalue weighted by atomic mass is 10.1. The molecule has 0 saturated heterocycles. The predicted molar refractivity (Wildman–Crippen MR) is 78.7 cm³/mol. The number of likely N-dealkylation sites (N-methyl/N-ethyl adjacent to an activating group) is 1. The summed E-state index contributed by atoms with van der Waals surface area (Å²) in [5, 5.41) is 2.67. The number of carbonyl (C=O) groups excluding carboxylic acids is 2. The summed E-state index contributed by atoms with van der Waals surface area (Å²) in [6, 6.07) is 7.77. The first-order chi connectivity index (χ1) is 9.50. The second-order valence-corrected chi connectivity index (χ2v) is 5.42. The van der Waals surface area contributed by atoms with Crippen LogP contribution in [0.5, 0.6) is 0 Å². The highest BCUT2D eigenvalue weighted by molar-refractivity contribution is 6.40. The van der Waals surface area contributed by atoms with Gasteiger partial charge in [-0.25, -0.2) is 0 Å². The van der Waals surface area contributed by atoms with Gasteiger partial charge >= 0.3 is 11.8 Å². The molecule has 0 fully saturated rings. The third-order valence-corrected chi connectivity index (χ3v) is 3.46. The van der Waals surface area contributed by atoms with Gasteiger partial charge in [-0.1, -0.05) is 18.2 Å². The topological polar surface area (TPSA) is 52.7 Å². The average Bonchev–Trinajstić information content (AvgIpc) is 2.73. The van der Waals surface area contributed by atoms with E-state index in [1.54, 1.807) is 4.90 Å². The molecule has 108 valence electrons. The Morgan fingerprint density at radius 3 is 2.75 bits per heavy atom. The fourth-order valence-electron chi connectivity index (χ4n) is 2.45. The van der Waals surface area contributed by atoms with Crippen molar-refractivity contribution in [2.75, 3.05) is 32.1 Å². The number of carbonyl (C=O) groups is 2. The molecule has 0 radical (unpaired) electrons. The van der Waals surface area contributed by atoms with Crippen molar-refractivity contribution in [1.82, 2.24) is 10.2 Å². The summed E-state index contributed by atoms with van der Waals surface area (Å²) < 4.78 is 0. The first kappa shape index (κ1) is 14.5. The van der Waals surface area contributed by atoms with Crippen LogP contribution in [0.3, 0.4) is 0 Å². The first-order valence-electron chi connectivity index (χ1n) is 6.84. The molecule has 1 aromatic carbocycles. The summed E-state index contributed by atoms with van der Waals surface area (Å²) in [4.78, 5) is 27.8. The Bertz CT molecular complexity index is 514. The molecular formula is C15H21N3O2. The maximum Gasteiger partial charge on any atom is 0.316 e. The van der Waals surface area contributed by atoms with E-state index in [9.17, 15) is 9.59 Å². The smallest absolute Gasteiger partial charge is 0.316 e. The van der Waals surface area contributed by atoms with Crippen LogP contribution < -0.4 is 10.2 Å². The van der Waals surface area contributed by atoms with E-state index in [-0.39, 0.29) is 6.04 Å². The molecule has 0 bridgehead atoms. The molecule has 0 aromatic heterocycles. The first-order valence-corrected chi connectivity index (χ1v) is 6.84. The molecule has 0 aliphatic carbocycles. The minimum absolute atomic E-state index is 0.0273. The fraction of sp³-hybridized carbons (Fsp3) is 0.467. The number of hydrogen-bond donors (Lipinski definition) is 1. The van der Waals surface area contributed by atoms with Crippen molar-refractivity contribution in [2.45, 2.75) is 19.4 Å². The third kappa shape index (κ3) is 2.99. The minimum Gasteiger partial charge on any atom is -0.347 e. The van der Waals surface area contributed by atoms with Gasteiger partial charge in [-0.15, -0.1) is 0 Å². The third-order valence-electron chi connectivity index (χ3n) is 3.46. The zero-order chi connectivity index (χ0) is 14.7. The Morgan fingerprint density at radius 2 is 2.05 bits per heavy atom. The lowest BCUT2D eigenvalue weighted by Gasteiger charge is -2.22. The van der Waals surface area contributed by atoms with E-state index < -0.39 is 11.8 Å². The summed E-state index contributed by atoms with van der Waals surface area (Å²) in [5.74, 6) is -1.00. The van der Waals surface area contributed by atoms with E-state index in [2.05, 4.69) is 5.32 Å². The van der Waals surface area contributed by atoms with Crippen LogP contribution in [-0.4, -0.2) is 49.9 Å². The molecule has 5 heteroatoms. The summed E-state index contributed by atoms with van der Waals surface area (Å²) in [7, 11) is 3.85. The fourth-order valence-corrected chi connectivity index (χ4v) is 2.45. The molecule has 20 heavy (non-hydrogen) atoms. The van der Waals surface area contributed by atoms with E-state index >= 15 is 0 Å². The molecule has 2 amide bonds. The molecule has 1 N–H and O–H groups in total. The minimum atomic E-state index is -0.532. The molecule has 1 atom stereocenters. The highest BCUT2D eigenvalue weighted by Gasteiger charge is 2.33. The molecule has 1 unspecified atom stereocenters. The number of anilines is 1. The molecule has 1 aliphatic rings. The number of rotatable bonds is 3. The Hall–Kier alpha value is -1.88. The Morgan fingerprint density at radius 1 is 1.35 bits per heavy atom. The van der Waals surface area contributed by atoms with E-state index in [1.807, 2.05) is 50.2 Å². The number of hydrogen-bond acceptors (Lipinski definition) is 3. The summed E-state index contributed by atoms with van der Waals surface area (Å²) in [6.45, 7) is 3.15. The van der Waals surface area contributed by atoms with Crippen LogP contribution in [0.2, 0.25) is 0 Å². The standard InChI is InChI=1S/C15H21N3O2/c1-11-10-12-6-4-5-7-13(12)18(11)15(20)14(19)16-8-9-17(2)3/h4-7,11H,8-10H2,1-3H3,(H,16,19). The van der Waals surface area contributed by atoms with E-state index in [0.717, 1.165) is 17.7 Å². The van der Waals surface area contributed by atoms with Crippen LogP contribution in [0, 0.1) is 0 Å². The van der Waals surface area contributed by atoms with Crippen molar-refractivity contribution in [3.63, 3.8) is 0 Å². The van der Waals surface area contributed by atoms with Crippen molar-refractivity contribution >= 4 is 17.5 Å². The van der Waals surface area contributed by atoms with Crippen LogP contribution in [-0.2, 0) is 16.0 Å². The quantitative estimate of drug-likeness (QED) is 0.824. The predicted octanol–water partition coefficient (Wildman–Crippen LogP) is 0.642. The molecule has 0 saturated carbocycles. The maximum absolute atomic E-state index is 12.3. The van der Waals surface area contributed by atoms with Crippen LogP contribution in [0.15, 0.2) is 24.3 Å². The van der Waals surface area contributed by atoms with Gasteiger partial charge in [0.2, 0.25) is 0 Å². The van der Waals surface area contributed by atoms with E-state index in [0.29, 0.717) is 13.1 Å². The Labute approximate surface area is 119 Å². The Kier molecular flexibility index (Phi) is 4.39. The van der Waals surface area contributed by atoms with Gasteiger partial charge < -0.3 is 15.1 Å². The van der Waals surface area contributed by atoms with E-state index in [4.69, 9.17) is 0 Å². The SMILES string of the molecule is CC1Cc2ccccc2N1C(=O)C(=O)NCCN(C)C. The van der Waals surface area contributed by atoms with Crippen molar-refractivity contribution in [3.8, 4) is 0 Å². The monoisotopic (exact) mass is 275 g/mol. The number of fused-ring (bicyclic) bond motifs is 1. The largest absolute Gasteiger partial charge is 0.347 e. The second kappa shape index (κ2) is 6.05. The molecular weight excluding hydrogens is 254 g/mol. The zero-order valence-corrected chi connectivity index (χ0v) is 12.2. The lowest BCUT2D eigenvalue weighted by Crippen LogP contribution is -2.46. The highest BCUT2D eigenvalue weighted by Crippen LogP contribution is 2.31. The van der Waals surface area contributed by atoms with Crippen LogP contribution in [0.1, 0.15) is 12.5 Å². The van der Waals surface area contributed by atoms with Crippen molar-refractivity contribution in [1.29, 1.82) is 0 Å². The number of benzene rings is 1. The normalized spacial score (nSPS) is 17.2.